The van der Waals surface area contributed by atoms with Gasteiger partial charge in [0, 0.05) is 6.54 Å². The number of rotatable bonds is 1. The number of piperidine rings is 1. The van der Waals surface area contributed by atoms with Crippen LogP contribution in [0, 0.1) is 0 Å². The van der Waals surface area contributed by atoms with Crippen molar-refractivity contribution in [2.45, 2.75) is 32.2 Å². The van der Waals surface area contributed by atoms with Crippen molar-refractivity contribution in [1.29, 1.82) is 0 Å². The van der Waals surface area contributed by atoms with Gasteiger partial charge in [-0.15, -0.1) is 0 Å². The van der Waals surface area contributed by atoms with Gasteiger partial charge in [-0.3, -0.25) is 0 Å². The Bertz CT molecular complexity index is 201. The minimum Gasteiger partial charge on any atom is -0.453 e. The summed E-state index contributed by atoms with van der Waals surface area (Å²) in [5, 5.41) is 0. The quantitative estimate of drug-likeness (QED) is 0.583. The number of nitrogens with zero attached hydrogens (tertiary/aromatic N) is 1. The maximum Gasteiger partial charge on any atom is 0.409 e. The predicted molar refractivity (Wildman–Crippen MR) is 51.6 cm³/mol. The second-order valence-electron chi connectivity index (χ2n) is 3.25. The number of carbonyl (C=O) groups is 1. The van der Waals surface area contributed by atoms with Gasteiger partial charge in [0.2, 0.25) is 0 Å². The van der Waals surface area contributed by atoms with Crippen molar-refractivity contribution >= 4 is 6.09 Å². The molecule has 0 aliphatic carbocycles. The van der Waals surface area contributed by atoms with Crippen LogP contribution in [0.5, 0.6) is 0 Å². The number of hydrogen-bond acceptors (Lipinski definition) is 2. The Balaban J connectivity index is 2.61. The Kier molecular flexibility index (Phi) is 3.80. The highest BCUT2D eigenvalue weighted by atomic mass is 16.5. The molecule has 1 atom stereocenters. The summed E-state index contributed by atoms with van der Waals surface area (Å²) in [5.74, 6) is 0. The fourth-order valence-electron chi connectivity index (χ4n) is 1.72. The van der Waals surface area contributed by atoms with Gasteiger partial charge in [-0.1, -0.05) is 12.2 Å². The van der Waals surface area contributed by atoms with E-state index in [0.717, 1.165) is 19.4 Å². The molecule has 1 rings (SSSR count). The number of methoxy groups -OCH3 is 1. The van der Waals surface area contributed by atoms with Gasteiger partial charge in [-0.25, -0.2) is 4.79 Å². The van der Waals surface area contributed by atoms with Gasteiger partial charge < -0.3 is 9.64 Å². The molecular formula is C10H17NO2. The van der Waals surface area contributed by atoms with Crippen LogP contribution >= 0.6 is 0 Å². The van der Waals surface area contributed by atoms with E-state index < -0.39 is 0 Å². The van der Waals surface area contributed by atoms with Crippen molar-refractivity contribution in [3.8, 4) is 0 Å². The van der Waals surface area contributed by atoms with Crippen LogP contribution in [0.2, 0.25) is 0 Å². The van der Waals surface area contributed by atoms with Crippen molar-refractivity contribution in [2.75, 3.05) is 13.7 Å². The summed E-state index contributed by atoms with van der Waals surface area (Å²) in [6, 6.07) is 0.242. The zero-order valence-corrected chi connectivity index (χ0v) is 8.32. The zero-order valence-electron chi connectivity index (χ0n) is 8.32. The molecule has 0 aromatic carbocycles. The number of allylic oxidation sites excluding steroid dienone is 1. The lowest BCUT2D eigenvalue weighted by atomic mass is 10.0. The van der Waals surface area contributed by atoms with Crippen LogP contribution in [0.25, 0.3) is 0 Å². The first kappa shape index (κ1) is 10.1. The molecule has 0 N–H and O–H groups in total. The maximum atomic E-state index is 11.3. The molecule has 1 aliphatic rings. The molecule has 0 aromatic heterocycles. The normalized spacial score (nSPS) is 23.5. The first-order valence-corrected chi connectivity index (χ1v) is 4.77. The van der Waals surface area contributed by atoms with Gasteiger partial charge in [-0.2, -0.15) is 0 Å². The van der Waals surface area contributed by atoms with Crippen LogP contribution in [-0.4, -0.2) is 30.7 Å². The molecule has 1 fully saturated rings. The lowest BCUT2D eigenvalue weighted by molar-refractivity contribution is 0.101. The molecule has 3 heteroatoms. The first-order valence-electron chi connectivity index (χ1n) is 4.77. The van der Waals surface area contributed by atoms with Crippen molar-refractivity contribution in [2.24, 2.45) is 0 Å². The Morgan fingerprint density at radius 1 is 1.54 bits per heavy atom. The lowest BCUT2D eigenvalue weighted by Gasteiger charge is -2.32. The van der Waals surface area contributed by atoms with Crippen LogP contribution in [0.4, 0.5) is 4.79 Å². The highest BCUT2D eigenvalue weighted by molar-refractivity contribution is 5.68. The van der Waals surface area contributed by atoms with Crippen LogP contribution < -0.4 is 0 Å². The molecule has 74 valence electrons. The fourth-order valence-corrected chi connectivity index (χ4v) is 1.72. The number of ether oxygens (including phenoxy) is 1. The van der Waals surface area contributed by atoms with E-state index in [2.05, 4.69) is 6.08 Å². The number of carbonyl (C=O) groups excluding carboxylic acids is 1. The summed E-state index contributed by atoms with van der Waals surface area (Å²) >= 11 is 0. The van der Waals surface area contributed by atoms with E-state index in [1.54, 1.807) is 4.90 Å². The van der Waals surface area contributed by atoms with Crippen molar-refractivity contribution < 1.29 is 9.53 Å². The molecule has 0 spiro atoms. The number of likely N-dealkylation sites (tertiary alicyclic amines) is 1. The van der Waals surface area contributed by atoms with Gasteiger partial charge in [-0.05, 0) is 26.2 Å². The molecule has 1 amide bonds. The van der Waals surface area contributed by atoms with Crippen molar-refractivity contribution in [1.82, 2.24) is 4.90 Å². The van der Waals surface area contributed by atoms with E-state index in [0.29, 0.717) is 0 Å². The Labute approximate surface area is 79.4 Å². The SMILES string of the molecule is C/C=C/C1CCCCN1C(=O)OC. The molecule has 1 heterocycles. The van der Waals surface area contributed by atoms with Gasteiger partial charge in [0.1, 0.15) is 0 Å². The van der Waals surface area contributed by atoms with E-state index in [9.17, 15) is 4.79 Å². The molecule has 13 heavy (non-hydrogen) atoms. The second kappa shape index (κ2) is 4.90. The molecule has 0 saturated carbocycles. The predicted octanol–water partition coefficient (Wildman–Crippen LogP) is 2.18. The number of hydrogen-bond donors (Lipinski definition) is 0. The van der Waals surface area contributed by atoms with Gasteiger partial charge in [0.15, 0.2) is 0 Å². The largest absolute Gasteiger partial charge is 0.453 e. The molecule has 3 nitrogen and oxygen atoms in total. The van der Waals surface area contributed by atoms with E-state index >= 15 is 0 Å². The van der Waals surface area contributed by atoms with E-state index in [1.165, 1.54) is 13.5 Å². The molecule has 0 aromatic rings. The summed E-state index contributed by atoms with van der Waals surface area (Å²) < 4.78 is 4.72. The molecule has 1 unspecified atom stereocenters. The summed E-state index contributed by atoms with van der Waals surface area (Å²) in [4.78, 5) is 13.1. The Morgan fingerprint density at radius 3 is 2.92 bits per heavy atom. The third-order valence-electron chi connectivity index (χ3n) is 2.37. The summed E-state index contributed by atoms with van der Waals surface area (Å²) in [6.45, 7) is 2.80. The van der Waals surface area contributed by atoms with Crippen LogP contribution in [0.3, 0.4) is 0 Å². The smallest absolute Gasteiger partial charge is 0.409 e. The van der Waals surface area contributed by atoms with Crippen molar-refractivity contribution in [3.05, 3.63) is 12.2 Å². The summed E-state index contributed by atoms with van der Waals surface area (Å²) in [7, 11) is 1.43. The van der Waals surface area contributed by atoms with Gasteiger partial charge in [0.25, 0.3) is 0 Å². The highest BCUT2D eigenvalue weighted by Gasteiger charge is 2.24. The van der Waals surface area contributed by atoms with E-state index in [1.807, 2.05) is 13.0 Å². The lowest BCUT2D eigenvalue weighted by Crippen LogP contribution is -2.42. The monoisotopic (exact) mass is 183 g/mol. The standard InChI is InChI=1S/C10H17NO2/c1-3-6-9-7-4-5-8-11(9)10(12)13-2/h3,6,9H,4-5,7-8H2,1-2H3/b6-3+. The topological polar surface area (TPSA) is 29.5 Å². The van der Waals surface area contributed by atoms with Crippen LogP contribution in [0.15, 0.2) is 12.2 Å². The number of amides is 1. The highest BCUT2D eigenvalue weighted by Crippen LogP contribution is 2.18. The fraction of sp³-hybridized carbons (Fsp3) is 0.700. The van der Waals surface area contributed by atoms with E-state index in [-0.39, 0.29) is 12.1 Å². The minimum atomic E-state index is -0.206. The van der Waals surface area contributed by atoms with Gasteiger partial charge in [0.05, 0.1) is 13.2 Å². The third kappa shape index (κ3) is 2.47. The van der Waals surface area contributed by atoms with Gasteiger partial charge >= 0.3 is 6.09 Å². The Hall–Kier alpha value is -0.990. The van der Waals surface area contributed by atoms with E-state index in [4.69, 9.17) is 4.74 Å². The van der Waals surface area contributed by atoms with Crippen molar-refractivity contribution in [3.63, 3.8) is 0 Å². The maximum absolute atomic E-state index is 11.3. The first-order chi connectivity index (χ1) is 6.29. The molecule has 0 radical (unpaired) electrons. The molecule has 0 bridgehead atoms. The van der Waals surface area contributed by atoms with Crippen LogP contribution in [0.1, 0.15) is 26.2 Å². The average molecular weight is 183 g/mol. The molecule has 1 aliphatic heterocycles. The molecule has 1 saturated heterocycles. The third-order valence-corrected chi connectivity index (χ3v) is 2.37. The average Bonchev–Trinajstić information content (AvgIpc) is 2.18. The summed E-state index contributed by atoms with van der Waals surface area (Å²) in [5.41, 5.74) is 0. The summed E-state index contributed by atoms with van der Waals surface area (Å²) in [6.07, 6.45) is 7.19. The van der Waals surface area contributed by atoms with Crippen LogP contribution in [-0.2, 0) is 4.74 Å². The zero-order chi connectivity index (χ0) is 9.68. The Morgan fingerprint density at radius 2 is 2.31 bits per heavy atom. The molecular weight excluding hydrogens is 166 g/mol. The second-order valence-corrected chi connectivity index (χ2v) is 3.25. The minimum absolute atomic E-state index is 0.206.